The van der Waals surface area contributed by atoms with Gasteiger partial charge in [0.1, 0.15) is 23.9 Å². The molecule has 1 N–H and O–H groups in total. The minimum Gasteiger partial charge on any atom is -0.497 e. The predicted molar refractivity (Wildman–Crippen MR) is 100 cm³/mol. The van der Waals surface area contributed by atoms with Crippen molar-refractivity contribution in [2.24, 2.45) is 0 Å². The molecule has 3 aromatic carbocycles. The lowest BCUT2D eigenvalue weighted by atomic mass is 10.2. The van der Waals surface area contributed by atoms with Crippen molar-refractivity contribution in [3.63, 3.8) is 0 Å². The molecular weight excluding hydrogens is 314 g/mol. The maximum absolute atomic E-state index is 5.82. The van der Waals surface area contributed by atoms with Crippen LogP contribution in [0.4, 0.5) is 11.4 Å². The van der Waals surface area contributed by atoms with Crippen LogP contribution in [-0.4, -0.2) is 14.2 Å². The summed E-state index contributed by atoms with van der Waals surface area (Å²) >= 11 is 0. The Morgan fingerprint density at radius 3 is 1.52 bits per heavy atom. The molecule has 0 aliphatic rings. The molecule has 0 saturated heterocycles. The molecule has 3 rings (SSSR count). The zero-order valence-corrected chi connectivity index (χ0v) is 14.4. The zero-order valence-electron chi connectivity index (χ0n) is 14.4. The maximum Gasteiger partial charge on any atom is 0.119 e. The first-order valence-electron chi connectivity index (χ1n) is 8.04. The Bertz CT molecular complexity index is 781. The van der Waals surface area contributed by atoms with Gasteiger partial charge in [0, 0.05) is 11.4 Å². The Labute approximate surface area is 148 Å². The first-order valence-corrected chi connectivity index (χ1v) is 8.04. The molecule has 0 radical (unpaired) electrons. The van der Waals surface area contributed by atoms with Crippen LogP contribution in [0, 0.1) is 0 Å². The van der Waals surface area contributed by atoms with Gasteiger partial charge in [-0.2, -0.15) is 0 Å². The van der Waals surface area contributed by atoms with Crippen molar-refractivity contribution in [1.82, 2.24) is 0 Å². The summed E-state index contributed by atoms with van der Waals surface area (Å²) in [6.45, 7) is 0.523. The predicted octanol–water partition coefficient (Wildman–Crippen LogP) is 5.03. The topological polar surface area (TPSA) is 39.7 Å². The summed E-state index contributed by atoms with van der Waals surface area (Å²) in [4.78, 5) is 0. The Kier molecular flexibility index (Phi) is 5.42. The van der Waals surface area contributed by atoms with Gasteiger partial charge in [0.2, 0.25) is 0 Å². The maximum atomic E-state index is 5.82. The van der Waals surface area contributed by atoms with Crippen LogP contribution in [0.5, 0.6) is 17.2 Å². The van der Waals surface area contributed by atoms with Crippen LogP contribution in [0.15, 0.2) is 72.8 Å². The first kappa shape index (κ1) is 16.7. The van der Waals surface area contributed by atoms with E-state index in [1.54, 1.807) is 14.2 Å². The molecule has 0 spiro atoms. The molecule has 0 aliphatic heterocycles. The normalized spacial score (nSPS) is 10.2. The van der Waals surface area contributed by atoms with Crippen molar-refractivity contribution >= 4 is 11.4 Å². The van der Waals surface area contributed by atoms with Crippen LogP contribution in [0.1, 0.15) is 5.56 Å². The van der Waals surface area contributed by atoms with Crippen LogP contribution in [-0.2, 0) is 6.61 Å². The van der Waals surface area contributed by atoms with Gasteiger partial charge >= 0.3 is 0 Å². The monoisotopic (exact) mass is 335 g/mol. The molecule has 0 amide bonds. The molecule has 25 heavy (non-hydrogen) atoms. The summed E-state index contributed by atoms with van der Waals surface area (Å²) in [5.41, 5.74) is 3.11. The fraction of sp³-hybridized carbons (Fsp3) is 0.143. The molecule has 3 aromatic rings. The smallest absolute Gasteiger partial charge is 0.119 e. The summed E-state index contributed by atoms with van der Waals surface area (Å²) in [6.07, 6.45) is 0. The summed E-state index contributed by atoms with van der Waals surface area (Å²) in [5.74, 6) is 2.52. The molecule has 0 aromatic heterocycles. The van der Waals surface area contributed by atoms with E-state index in [0.29, 0.717) is 6.61 Å². The second-order valence-corrected chi connectivity index (χ2v) is 5.51. The van der Waals surface area contributed by atoms with Crippen LogP contribution in [0.3, 0.4) is 0 Å². The van der Waals surface area contributed by atoms with Gasteiger partial charge in [-0.3, -0.25) is 0 Å². The van der Waals surface area contributed by atoms with E-state index >= 15 is 0 Å². The highest BCUT2D eigenvalue weighted by Crippen LogP contribution is 2.22. The van der Waals surface area contributed by atoms with Crippen molar-refractivity contribution in [2.45, 2.75) is 6.61 Å². The van der Waals surface area contributed by atoms with Crippen LogP contribution in [0.2, 0.25) is 0 Å². The van der Waals surface area contributed by atoms with E-state index in [9.17, 15) is 0 Å². The van der Waals surface area contributed by atoms with Crippen molar-refractivity contribution in [3.05, 3.63) is 78.4 Å². The lowest BCUT2D eigenvalue weighted by Crippen LogP contribution is -1.96. The Balaban J connectivity index is 1.55. The molecule has 0 aliphatic carbocycles. The average molecular weight is 335 g/mol. The van der Waals surface area contributed by atoms with E-state index in [4.69, 9.17) is 14.2 Å². The van der Waals surface area contributed by atoms with Gasteiger partial charge < -0.3 is 19.5 Å². The SMILES string of the molecule is COc1ccc(COc2ccc(Nc3ccc(OC)cc3)cc2)cc1. The summed E-state index contributed by atoms with van der Waals surface area (Å²) < 4.78 is 16.1. The standard InChI is InChI=1S/C21H21NO3/c1-23-19-9-3-16(4-10-19)15-25-21-13-7-18(8-14-21)22-17-5-11-20(24-2)12-6-17/h3-14,22H,15H2,1-2H3. The van der Waals surface area contributed by atoms with E-state index in [0.717, 1.165) is 34.2 Å². The lowest BCUT2D eigenvalue weighted by molar-refractivity contribution is 0.306. The number of methoxy groups -OCH3 is 2. The lowest BCUT2D eigenvalue weighted by Gasteiger charge is -2.10. The molecule has 128 valence electrons. The molecular formula is C21H21NO3. The number of anilines is 2. The Hall–Kier alpha value is -3.14. The van der Waals surface area contributed by atoms with E-state index in [-0.39, 0.29) is 0 Å². The van der Waals surface area contributed by atoms with Crippen molar-refractivity contribution in [1.29, 1.82) is 0 Å². The third-order valence-corrected chi connectivity index (χ3v) is 3.80. The summed E-state index contributed by atoms with van der Waals surface area (Å²) in [7, 11) is 3.32. The van der Waals surface area contributed by atoms with Crippen molar-refractivity contribution in [2.75, 3.05) is 19.5 Å². The van der Waals surface area contributed by atoms with Gasteiger partial charge in [-0.1, -0.05) is 12.1 Å². The van der Waals surface area contributed by atoms with Crippen LogP contribution < -0.4 is 19.5 Å². The van der Waals surface area contributed by atoms with Gasteiger partial charge in [-0.25, -0.2) is 0 Å². The van der Waals surface area contributed by atoms with Crippen molar-refractivity contribution in [3.8, 4) is 17.2 Å². The molecule has 0 fully saturated rings. The quantitative estimate of drug-likeness (QED) is 0.657. The summed E-state index contributed by atoms with van der Waals surface area (Å²) in [5, 5.41) is 3.34. The van der Waals surface area contributed by atoms with Gasteiger partial charge in [-0.15, -0.1) is 0 Å². The highest BCUT2D eigenvalue weighted by Gasteiger charge is 1.99. The number of benzene rings is 3. The summed E-state index contributed by atoms with van der Waals surface area (Å²) in [6, 6.07) is 23.6. The van der Waals surface area contributed by atoms with E-state index in [1.165, 1.54) is 0 Å². The molecule has 0 atom stereocenters. The highest BCUT2D eigenvalue weighted by atomic mass is 16.5. The van der Waals surface area contributed by atoms with Gasteiger partial charge in [-0.05, 0) is 66.2 Å². The fourth-order valence-corrected chi connectivity index (χ4v) is 2.36. The molecule has 4 heteroatoms. The molecule has 4 nitrogen and oxygen atoms in total. The number of ether oxygens (including phenoxy) is 3. The van der Waals surface area contributed by atoms with Crippen LogP contribution >= 0.6 is 0 Å². The van der Waals surface area contributed by atoms with Crippen LogP contribution in [0.25, 0.3) is 0 Å². The average Bonchev–Trinajstić information content (AvgIpc) is 2.68. The fourth-order valence-electron chi connectivity index (χ4n) is 2.36. The minimum atomic E-state index is 0.523. The zero-order chi connectivity index (χ0) is 17.5. The number of hydrogen-bond acceptors (Lipinski definition) is 4. The molecule has 0 bridgehead atoms. The highest BCUT2D eigenvalue weighted by molar-refractivity contribution is 5.61. The number of nitrogens with one attached hydrogen (secondary N) is 1. The van der Waals surface area contributed by atoms with Gasteiger partial charge in [0.15, 0.2) is 0 Å². The van der Waals surface area contributed by atoms with E-state index in [1.807, 2.05) is 72.8 Å². The third kappa shape index (κ3) is 4.67. The second-order valence-electron chi connectivity index (χ2n) is 5.51. The number of hydrogen-bond donors (Lipinski definition) is 1. The second kappa shape index (κ2) is 8.11. The molecule has 0 saturated carbocycles. The van der Waals surface area contributed by atoms with E-state index < -0.39 is 0 Å². The Morgan fingerprint density at radius 1 is 0.600 bits per heavy atom. The van der Waals surface area contributed by atoms with Gasteiger partial charge in [0.05, 0.1) is 14.2 Å². The number of rotatable bonds is 7. The molecule has 0 unspecified atom stereocenters. The largest absolute Gasteiger partial charge is 0.497 e. The Morgan fingerprint density at radius 2 is 1.04 bits per heavy atom. The van der Waals surface area contributed by atoms with E-state index in [2.05, 4.69) is 5.32 Å². The third-order valence-electron chi connectivity index (χ3n) is 3.80. The first-order chi connectivity index (χ1) is 12.3. The molecule has 0 heterocycles. The minimum absolute atomic E-state index is 0.523. The van der Waals surface area contributed by atoms with Crippen molar-refractivity contribution < 1.29 is 14.2 Å². The van der Waals surface area contributed by atoms with Gasteiger partial charge in [0.25, 0.3) is 0 Å².